The van der Waals surface area contributed by atoms with Crippen LogP contribution in [0.25, 0.3) is 0 Å². The van der Waals surface area contributed by atoms with Crippen molar-refractivity contribution >= 4 is 11.8 Å². The number of carbonyl (C=O) groups excluding carboxylic acids is 2. The second-order valence-corrected chi connectivity index (χ2v) is 6.98. The van der Waals surface area contributed by atoms with Crippen molar-refractivity contribution in [2.75, 3.05) is 7.11 Å². The van der Waals surface area contributed by atoms with Crippen molar-refractivity contribution in [3.63, 3.8) is 0 Å². The molecule has 0 aliphatic heterocycles. The summed E-state index contributed by atoms with van der Waals surface area (Å²) in [5.41, 5.74) is 1.56. The van der Waals surface area contributed by atoms with Crippen molar-refractivity contribution in [1.82, 2.24) is 0 Å². The Bertz CT molecular complexity index is 553. The number of carbonyl (C=O) groups is 2. The average molecular weight is 320 g/mol. The molecule has 4 heteroatoms. The molecule has 0 amide bonds. The Balaban J connectivity index is 2.92. The van der Waals surface area contributed by atoms with Crippen molar-refractivity contribution in [3.8, 4) is 5.75 Å². The highest BCUT2D eigenvalue weighted by Gasteiger charge is 2.21. The van der Waals surface area contributed by atoms with Crippen molar-refractivity contribution in [2.45, 2.75) is 65.4 Å². The molecule has 1 aromatic rings. The molecule has 0 aliphatic carbocycles. The Morgan fingerprint density at radius 3 is 2.30 bits per heavy atom. The molecule has 0 saturated heterocycles. The van der Waals surface area contributed by atoms with Gasteiger partial charge in [-0.3, -0.25) is 9.59 Å². The first-order valence-corrected chi connectivity index (χ1v) is 8.06. The van der Waals surface area contributed by atoms with Crippen LogP contribution in [0.5, 0.6) is 5.75 Å². The van der Waals surface area contributed by atoms with Gasteiger partial charge in [-0.05, 0) is 43.9 Å². The molecule has 0 saturated carbocycles. The van der Waals surface area contributed by atoms with Gasteiger partial charge in [0.15, 0.2) is 5.78 Å². The van der Waals surface area contributed by atoms with Crippen LogP contribution in [0.2, 0.25) is 0 Å². The summed E-state index contributed by atoms with van der Waals surface area (Å²) in [5.74, 6) is 0.572. The number of esters is 1. The lowest BCUT2D eigenvalue weighted by Gasteiger charge is -2.24. The van der Waals surface area contributed by atoms with E-state index < -0.39 is 0 Å². The molecule has 0 unspecified atom stereocenters. The molecule has 1 aromatic carbocycles. The molecular weight excluding hydrogens is 292 g/mol. The van der Waals surface area contributed by atoms with E-state index in [0.29, 0.717) is 18.4 Å². The van der Waals surface area contributed by atoms with Crippen LogP contribution in [0.15, 0.2) is 18.2 Å². The number of Topliss-reactive ketones (excluding diaryl/α,β-unsaturated/α-hetero) is 1. The van der Waals surface area contributed by atoms with Gasteiger partial charge in [0.05, 0.1) is 13.2 Å². The van der Waals surface area contributed by atoms with E-state index in [1.807, 2.05) is 26.0 Å². The molecule has 128 valence electrons. The highest BCUT2D eigenvalue weighted by atomic mass is 16.5. The van der Waals surface area contributed by atoms with E-state index in [1.165, 1.54) is 7.11 Å². The van der Waals surface area contributed by atoms with E-state index in [4.69, 9.17) is 4.74 Å². The number of ether oxygens (including phenoxy) is 2. The molecule has 0 atom stereocenters. The molecule has 0 aromatic heterocycles. The number of ketones is 1. The van der Waals surface area contributed by atoms with Crippen molar-refractivity contribution in [3.05, 3.63) is 29.3 Å². The largest absolute Gasteiger partial charge is 0.491 e. The minimum Gasteiger partial charge on any atom is -0.491 e. The molecule has 0 aliphatic rings. The smallest absolute Gasteiger partial charge is 0.305 e. The third-order valence-corrected chi connectivity index (χ3v) is 3.48. The third-order valence-electron chi connectivity index (χ3n) is 3.48. The number of hydrogen-bond acceptors (Lipinski definition) is 4. The monoisotopic (exact) mass is 320 g/mol. The van der Waals surface area contributed by atoms with Crippen LogP contribution in [-0.2, 0) is 14.9 Å². The molecule has 0 fully saturated rings. The van der Waals surface area contributed by atoms with Gasteiger partial charge in [-0.15, -0.1) is 0 Å². The molecular formula is C19H28O4. The van der Waals surface area contributed by atoms with Crippen molar-refractivity contribution < 1.29 is 19.1 Å². The van der Waals surface area contributed by atoms with Gasteiger partial charge in [0.1, 0.15) is 5.75 Å². The van der Waals surface area contributed by atoms with Crippen LogP contribution in [0.4, 0.5) is 0 Å². The van der Waals surface area contributed by atoms with Gasteiger partial charge in [-0.1, -0.05) is 20.8 Å². The Kier molecular flexibility index (Phi) is 6.79. The lowest BCUT2D eigenvalue weighted by atomic mass is 9.84. The Morgan fingerprint density at radius 1 is 1.13 bits per heavy atom. The number of methoxy groups -OCH3 is 1. The number of benzene rings is 1. The topological polar surface area (TPSA) is 52.6 Å². The summed E-state index contributed by atoms with van der Waals surface area (Å²) in [4.78, 5) is 23.4. The summed E-state index contributed by atoms with van der Waals surface area (Å²) in [7, 11) is 1.35. The summed E-state index contributed by atoms with van der Waals surface area (Å²) in [6, 6.07) is 5.58. The molecule has 1 rings (SSSR count). The second-order valence-electron chi connectivity index (χ2n) is 6.98. The maximum atomic E-state index is 12.3. The Labute approximate surface area is 139 Å². The SMILES string of the molecule is COC(=O)CCCC(=O)c1ccc(OC(C)C)c(C(C)(C)C)c1. The molecule has 4 nitrogen and oxygen atoms in total. The van der Waals surface area contributed by atoms with Gasteiger partial charge in [-0.25, -0.2) is 0 Å². The minimum atomic E-state index is -0.283. The second kappa shape index (κ2) is 8.14. The fourth-order valence-electron chi connectivity index (χ4n) is 2.29. The van der Waals surface area contributed by atoms with E-state index in [-0.39, 0.29) is 29.7 Å². The van der Waals surface area contributed by atoms with Gasteiger partial charge < -0.3 is 9.47 Å². The summed E-state index contributed by atoms with van der Waals surface area (Å²) < 4.78 is 10.4. The Morgan fingerprint density at radius 2 is 1.78 bits per heavy atom. The zero-order chi connectivity index (χ0) is 17.6. The summed E-state index contributed by atoms with van der Waals surface area (Å²) >= 11 is 0. The molecule has 0 bridgehead atoms. The molecule has 0 heterocycles. The maximum Gasteiger partial charge on any atom is 0.305 e. The first kappa shape index (κ1) is 19.2. The van der Waals surface area contributed by atoms with Crippen LogP contribution in [-0.4, -0.2) is 25.0 Å². The number of hydrogen-bond donors (Lipinski definition) is 0. The third kappa shape index (κ3) is 6.05. The fourth-order valence-corrected chi connectivity index (χ4v) is 2.29. The van der Waals surface area contributed by atoms with Crippen LogP contribution in [0.3, 0.4) is 0 Å². The molecule has 0 N–H and O–H groups in total. The van der Waals surface area contributed by atoms with Gasteiger partial charge in [0.25, 0.3) is 0 Å². The standard InChI is InChI=1S/C19H28O4/c1-13(2)23-17-11-10-14(12-15(17)19(3,4)5)16(20)8-7-9-18(21)22-6/h10-13H,7-9H2,1-6H3. The van der Waals surface area contributed by atoms with E-state index in [1.54, 1.807) is 6.07 Å². The maximum absolute atomic E-state index is 12.3. The van der Waals surface area contributed by atoms with E-state index in [9.17, 15) is 9.59 Å². The molecule has 0 radical (unpaired) electrons. The van der Waals surface area contributed by atoms with Gasteiger partial charge in [-0.2, -0.15) is 0 Å². The van der Waals surface area contributed by atoms with Crippen LogP contribution in [0, 0.1) is 0 Å². The summed E-state index contributed by atoms with van der Waals surface area (Å²) in [5, 5.41) is 0. The zero-order valence-electron chi connectivity index (χ0n) is 15.1. The van der Waals surface area contributed by atoms with Gasteiger partial charge >= 0.3 is 5.97 Å². The van der Waals surface area contributed by atoms with Crippen LogP contribution >= 0.6 is 0 Å². The van der Waals surface area contributed by atoms with Crippen LogP contribution < -0.4 is 4.74 Å². The number of rotatable bonds is 7. The van der Waals surface area contributed by atoms with E-state index in [2.05, 4.69) is 25.5 Å². The van der Waals surface area contributed by atoms with Crippen molar-refractivity contribution in [2.24, 2.45) is 0 Å². The first-order chi connectivity index (χ1) is 10.6. The van der Waals surface area contributed by atoms with Crippen LogP contribution in [0.1, 0.15) is 69.8 Å². The van der Waals surface area contributed by atoms with Gasteiger partial charge in [0.2, 0.25) is 0 Å². The highest BCUT2D eigenvalue weighted by Crippen LogP contribution is 2.33. The minimum absolute atomic E-state index is 0.0375. The van der Waals surface area contributed by atoms with Gasteiger partial charge in [0, 0.05) is 24.0 Å². The zero-order valence-corrected chi connectivity index (χ0v) is 15.1. The average Bonchev–Trinajstić information content (AvgIpc) is 2.45. The quantitative estimate of drug-likeness (QED) is 0.555. The molecule has 0 spiro atoms. The summed E-state index contributed by atoms with van der Waals surface area (Å²) in [6.45, 7) is 10.3. The summed E-state index contributed by atoms with van der Waals surface area (Å²) in [6.07, 6.45) is 1.18. The fraction of sp³-hybridized carbons (Fsp3) is 0.579. The molecule has 23 heavy (non-hydrogen) atoms. The predicted octanol–water partition coefficient (Wildman–Crippen LogP) is 4.30. The predicted molar refractivity (Wildman–Crippen MR) is 91.1 cm³/mol. The Hall–Kier alpha value is -1.84. The van der Waals surface area contributed by atoms with Crippen molar-refractivity contribution in [1.29, 1.82) is 0 Å². The van der Waals surface area contributed by atoms with E-state index >= 15 is 0 Å². The normalized spacial score (nSPS) is 11.4. The highest BCUT2D eigenvalue weighted by molar-refractivity contribution is 5.96. The lowest BCUT2D eigenvalue weighted by Crippen LogP contribution is -2.17. The lowest BCUT2D eigenvalue weighted by molar-refractivity contribution is -0.140. The first-order valence-electron chi connectivity index (χ1n) is 8.06. The van der Waals surface area contributed by atoms with E-state index in [0.717, 1.165) is 11.3 Å².